The van der Waals surface area contributed by atoms with Crippen LogP contribution in [0.25, 0.3) is 0 Å². The molecule has 3 heterocycles. The van der Waals surface area contributed by atoms with Gasteiger partial charge in [0, 0.05) is 31.7 Å². The lowest BCUT2D eigenvalue weighted by molar-refractivity contribution is 0.0649. The molecule has 0 radical (unpaired) electrons. The average molecular weight is 298 g/mol. The summed E-state index contributed by atoms with van der Waals surface area (Å²) in [6, 6.07) is 0. The standard InChI is InChI=1S/C14H20ClN3O2/c15-14-17-12-4-8-20-9-11(12)13(18-14)16-5-1-10-2-6-19-7-3-10/h10H,1-9H2,(H,16,17,18). The van der Waals surface area contributed by atoms with Crippen LogP contribution in [-0.4, -0.2) is 36.3 Å². The molecule has 3 rings (SSSR count). The van der Waals surface area contributed by atoms with Crippen molar-refractivity contribution >= 4 is 17.4 Å². The van der Waals surface area contributed by atoms with Crippen molar-refractivity contribution in [2.75, 3.05) is 31.7 Å². The Kier molecular flexibility index (Phi) is 4.70. The van der Waals surface area contributed by atoms with Crippen LogP contribution in [0.4, 0.5) is 5.82 Å². The molecule has 2 aliphatic heterocycles. The van der Waals surface area contributed by atoms with Crippen LogP contribution in [-0.2, 0) is 22.5 Å². The van der Waals surface area contributed by atoms with Gasteiger partial charge in [-0.05, 0) is 36.8 Å². The van der Waals surface area contributed by atoms with E-state index in [4.69, 9.17) is 21.1 Å². The molecular formula is C14H20ClN3O2. The molecule has 1 fully saturated rings. The molecule has 2 aliphatic rings. The van der Waals surface area contributed by atoms with Crippen molar-refractivity contribution in [2.24, 2.45) is 5.92 Å². The summed E-state index contributed by atoms with van der Waals surface area (Å²) in [5, 5.41) is 3.72. The summed E-state index contributed by atoms with van der Waals surface area (Å²) in [7, 11) is 0. The predicted octanol–water partition coefficient (Wildman–Crippen LogP) is 2.43. The molecule has 110 valence electrons. The van der Waals surface area contributed by atoms with Gasteiger partial charge in [-0.1, -0.05) is 0 Å². The van der Waals surface area contributed by atoms with E-state index in [1.54, 1.807) is 0 Å². The van der Waals surface area contributed by atoms with Gasteiger partial charge in [-0.2, -0.15) is 0 Å². The maximum absolute atomic E-state index is 5.99. The number of anilines is 1. The fourth-order valence-corrected chi connectivity index (χ4v) is 2.96. The van der Waals surface area contributed by atoms with Crippen molar-refractivity contribution in [3.8, 4) is 0 Å². The predicted molar refractivity (Wildman–Crippen MR) is 77.1 cm³/mol. The number of rotatable bonds is 4. The van der Waals surface area contributed by atoms with Gasteiger partial charge in [0.25, 0.3) is 0 Å². The lowest BCUT2D eigenvalue weighted by Gasteiger charge is -2.23. The van der Waals surface area contributed by atoms with Gasteiger partial charge in [-0.25, -0.2) is 9.97 Å². The van der Waals surface area contributed by atoms with E-state index >= 15 is 0 Å². The van der Waals surface area contributed by atoms with E-state index < -0.39 is 0 Å². The van der Waals surface area contributed by atoms with Crippen LogP contribution >= 0.6 is 11.6 Å². The van der Waals surface area contributed by atoms with Crippen LogP contribution in [0, 0.1) is 5.92 Å². The molecule has 6 heteroatoms. The Morgan fingerprint density at radius 2 is 2.00 bits per heavy atom. The largest absolute Gasteiger partial charge is 0.381 e. The van der Waals surface area contributed by atoms with Gasteiger partial charge < -0.3 is 14.8 Å². The number of halogens is 1. The van der Waals surface area contributed by atoms with Gasteiger partial charge in [-0.3, -0.25) is 0 Å². The number of ether oxygens (including phenoxy) is 2. The Labute approximate surface area is 124 Å². The fourth-order valence-electron chi connectivity index (χ4n) is 2.78. The molecule has 1 N–H and O–H groups in total. The molecule has 0 amide bonds. The van der Waals surface area contributed by atoms with E-state index in [0.717, 1.165) is 68.4 Å². The van der Waals surface area contributed by atoms with Gasteiger partial charge in [0.05, 0.1) is 18.9 Å². The van der Waals surface area contributed by atoms with E-state index in [1.165, 1.54) is 0 Å². The summed E-state index contributed by atoms with van der Waals surface area (Å²) in [5.74, 6) is 1.59. The number of hydrogen-bond acceptors (Lipinski definition) is 5. The van der Waals surface area contributed by atoms with E-state index in [0.29, 0.717) is 18.5 Å². The fraction of sp³-hybridized carbons (Fsp3) is 0.714. The third-order valence-electron chi connectivity index (χ3n) is 3.98. The normalized spacial score (nSPS) is 19.6. The molecule has 1 aromatic rings. The van der Waals surface area contributed by atoms with Crippen LogP contribution in [0.2, 0.25) is 5.28 Å². The van der Waals surface area contributed by atoms with E-state index in [2.05, 4.69) is 15.3 Å². The second-order valence-corrected chi connectivity index (χ2v) is 5.68. The SMILES string of the molecule is Clc1nc2c(c(NCCC3CCOCC3)n1)COCC2. The summed E-state index contributed by atoms with van der Waals surface area (Å²) in [6.45, 7) is 3.99. The van der Waals surface area contributed by atoms with Crippen molar-refractivity contribution in [1.29, 1.82) is 0 Å². The minimum atomic E-state index is 0.319. The number of fused-ring (bicyclic) bond motifs is 1. The highest BCUT2D eigenvalue weighted by Crippen LogP contribution is 2.24. The first-order chi connectivity index (χ1) is 9.83. The third kappa shape index (κ3) is 3.40. The third-order valence-corrected chi connectivity index (χ3v) is 4.15. The Balaban J connectivity index is 1.60. The molecule has 1 aromatic heterocycles. The van der Waals surface area contributed by atoms with E-state index in [1.807, 2.05) is 0 Å². The molecule has 0 bridgehead atoms. The number of nitrogens with one attached hydrogen (secondary N) is 1. The Bertz CT molecular complexity index is 464. The van der Waals surface area contributed by atoms with Crippen molar-refractivity contribution in [2.45, 2.75) is 32.3 Å². The summed E-state index contributed by atoms with van der Waals surface area (Å²) in [4.78, 5) is 8.60. The molecule has 0 unspecified atom stereocenters. The first kappa shape index (κ1) is 14.0. The van der Waals surface area contributed by atoms with Crippen molar-refractivity contribution in [3.63, 3.8) is 0 Å². The van der Waals surface area contributed by atoms with Gasteiger partial charge in [0.1, 0.15) is 5.82 Å². The highest BCUT2D eigenvalue weighted by molar-refractivity contribution is 6.28. The molecule has 0 aromatic carbocycles. The summed E-state index contributed by atoms with van der Waals surface area (Å²) < 4.78 is 10.9. The molecule has 0 aliphatic carbocycles. The molecule has 0 atom stereocenters. The molecule has 5 nitrogen and oxygen atoms in total. The topological polar surface area (TPSA) is 56.3 Å². The first-order valence-corrected chi connectivity index (χ1v) is 7.65. The van der Waals surface area contributed by atoms with Gasteiger partial charge in [-0.15, -0.1) is 0 Å². The summed E-state index contributed by atoms with van der Waals surface area (Å²) >= 11 is 5.99. The lowest BCUT2D eigenvalue weighted by atomic mass is 9.97. The van der Waals surface area contributed by atoms with Crippen molar-refractivity contribution in [1.82, 2.24) is 9.97 Å². The second kappa shape index (κ2) is 6.70. The lowest BCUT2D eigenvalue weighted by Crippen LogP contribution is -2.20. The van der Waals surface area contributed by atoms with Gasteiger partial charge in [0.2, 0.25) is 5.28 Å². The quantitative estimate of drug-likeness (QED) is 0.865. The molecule has 1 saturated heterocycles. The Hall–Kier alpha value is -0.910. The zero-order valence-electron chi connectivity index (χ0n) is 11.5. The zero-order valence-corrected chi connectivity index (χ0v) is 12.3. The Morgan fingerprint density at radius 1 is 1.15 bits per heavy atom. The molecular weight excluding hydrogens is 278 g/mol. The zero-order chi connectivity index (χ0) is 13.8. The van der Waals surface area contributed by atoms with Crippen LogP contribution in [0.1, 0.15) is 30.5 Å². The van der Waals surface area contributed by atoms with Crippen LogP contribution < -0.4 is 5.32 Å². The monoisotopic (exact) mass is 297 g/mol. The smallest absolute Gasteiger partial charge is 0.224 e. The highest BCUT2D eigenvalue weighted by atomic mass is 35.5. The number of hydrogen-bond donors (Lipinski definition) is 1. The van der Waals surface area contributed by atoms with Crippen LogP contribution in [0.3, 0.4) is 0 Å². The van der Waals surface area contributed by atoms with Crippen molar-refractivity contribution < 1.29 is 9.47 Å². The van der Waals surface area contributed by atoms with Crippen molar-refractivity contribution in [3.05, 3.63) is 16.5 Å². The minimum Gasteiger partial charge on any atom is -0.381 e. The maximum Gasteiger partial charge on any atom is 0.224 e. The van der Waals surface area contributed by atoms with Gasteiger partial charge in [0.15, 0.2) is 0 Å². The second-order valence-electron chi connectivity index (χ2n) is 5.34. The van der Waals surface area contributed by atoms with Crippen LogP contribution in [0.5, 0.6) is 0 Å². The van der Waals surface area contributed by atoms with Crippen LogP contribution in [0.15, 0.2) is 0 Å². The summed E-state index contributed by atoms with van der Waals surface area (Å²) in [5.41, 5.74) is 2.08. The highest BCUT2D eigenvalue weighted by Gasteiger charge is 2.18. The van der Waals surface area contributed by atoms with E-state index in [9.17, 15) is 0 Å². The average Bonchev–Trinajstić information content (AvgIpc) is 2.48. The molecule has 0 saturated carbocycles. The minimum absolute atomic E-state index is 0.319. The summed E-state index contributed by atoms with van der Waals surface area (Å²) in [6.07, 6.45) is 4.27. The van der Waals surface area contributed by atoms with Gasteiger partial charge >= 0.3 is 0 Å². The molecule has 0 spiro atoms. The number of nitrogens with zero attached hydrogens (tertiary/aromatic N) is 2. The molecule has 20 heavy (non-hydrogen) atoms. The first-order valence-electron chi connectivity index (χ1n) is 7.27. The Morgan fingerprint density at radius 3 is 2.85 bits per heavy atom. The number of aromatic nitrogens is 2. The maximum atomic E-state index is 5.99. The van der Waals surface area contributed by atoms with E-state index in [-0.39, 0.29) is 0 Å².